The summed E-state index contributed by atoms with van der Waals surface area (Å²) in [5.74, 6) is 0.612. The Morgan fingerprint density at radius 3 is 2.91 bits per heavy atom. The third-order valence-corrected chi connectivity index (χ3v) is 4.59. The molecule has 9 heteroatoms. The summed E-state index contributed by atoms with van der Waals surface area (Å²) in [6.07, 6.45) is 3.54. The first-order chi connectivity index (χ1) is 11.2. The number of amides is 1. The Morgan fingerprint density at radius 1 is 1.48 bits per heavy atom. The second-order valence-electron chi connectivity index (χ2n) is 5.54. The molecule has 0 spiro atoms. The molecule has 8 nitrogen and oxygen atoms in total. The van der Waals surface area contributed by atoms with E-state index in [2.05, 4.69) is 24.7 Å². The van der Waals surface area contributed by atoms with E-state index in [1.165, 1.54) is 11.5 Å². The zero-order valence-electron chi connectivity index (χ0n) is 13.2. The summed E-state index contributed by atoms with van der Waals surface area (Å²) in [5, 5.41) is 8.10. The number of nitrogens with one attached hydrogen (secondary N) is 1. The molecular weight excluding hydrogens is 316 g/mol. The summed E-state index contributed by atoms with van der Waals surface area (Å²) in [4.78, 5) is 18.8. The molecule has 0 unspecified atom stereocenters. The van der Waals surface area contributed by atoms with E-state index >= 15 is 0 Å². The van der Waals surface area contributed by atoms with Crippen molar-refractivity contribution in [2.45, 2.75) is 25.5 Å². The van der Waals surface area contributed by atoms with Gasteiger partial charge in [0.15, 0.2) is 5.82 Å². The van der Waals surface area contributed by atoms with Crippen LogP contribution in [-0.2, 0) is 18.4 Å². The monoisotopic (exact) mass is 336 g/mol. The van der Waals surface area contributed by atoms with Crippen LogP contribution in [0.15, 0.2) is 12.3 Å². The Bertz CT molecular complexity index is 662. The van der Waals surface area contributed by atoms with E-state index < -0.39 is 0 Å². The molecule has 0 radical (unpaired) electrons. The van der Waals surface area contributed by atoms with Gasteiger partial charge in [0.25, 0.3) is 5.91 Å². The number of anilines is 1. The van der Waals surface area contributed by atoms with E-state index in [9.17, 15) is 4.79 Å². The van der Waals surface area contributed by atoms with Gasteiger partial charge in [-0.15, -0.1) is 0 Å². The second-order valence-corrected chi connectivity index (χ2v) is 6.27. The van der Waals surface area contributed by atoms with Crippen LogP contribution >= 0.6 is 11.5 Å². The molecule has 1 amide bonds. The van der Waals surface area contributed by atoms with Gasteiger partial charge in [0.05, 0.1) is 0 Å². The zero-order chi connectivity index (χ0) is 16.2. The van der Waals surface area contributed by atoms with Crippen LogP contribution in [0.25, 0.3) is 0 Å². The smallest absolute Gasteiger partial charge is 0.271 e. The van der Waals surface area contributed by atoms with E-state index in [0.29, 0.717) is 12.3 Å². The number of hydrogen-bond acceptors (Lipinski definition) is 7. The van der Waals surface area contributed by atoms with Gasteiger partial charge < -0.3 is 15.0 Å². The van der Waals surface area contributed by atoms with Crippen LogP contribution in [0.3, 0.4) is 0 Å². The standard InChI is InChI=1S/C14H20N6O2S/c1-19-6-5-11(17-19)13(21)15-10-3-7-20(8-4-10)14-16-12(9-22-2)18-23-14/h5-6,10H,3-4,7-9H2,1-2H3,(H,15,21). The molecular formula is C14H20N6O2S. The Kier molecular flexibility index (Phi) is 4.87. The van der Waals surface area contributed by atoms with Crippen molar-refractivity contribution in [1.82, 2.24) is 24.5 Å². The number of piperidine rings is 1. The Morgan fingerprint density at radius 2 is 2.26 bits per heavy atom. The maximum absolute atomic E-state index is 12.1. The molecule has 23 heavy (non-hydrogen) atoms. The Labute approximate surface area is 138 Å². The maximum Gasteiger partial charge on any atom is 0.271 e. The largest absolute Gasteiger partial charge is 0.377 e. The summed E-state index contributed by atoms with van der Waals surface area (Å²) in [5.41, 5.74) is 0.461. The lowest BCUT2D eigenvalue weighted by molar-refractivity contribution is 0.0925. The van der Waals surface area contributed by atoms with Gasteiger partial charge in [0, 0.05) is 51.0 Å². The number of aromatic nitrogens is 4. The molecule has 2 aromatic heterocycles. The first-order valence-corrected chi connectivity index (χ1v) is 8.30. The molecule has 1 saturated heterocycles. The Hall–Kier alpha value is -2.00. The van der Waals surface area contributed by atoms with E-state index in [0.717, 1.165) is 36.9 Å². The average molecular weight is 336 g/mol. The van der Waals surface area contributed by atoms with Gasteiger partial charge in [0.2, 0.25) is 5.13 Å². The average Bonchev–Trinajstić information content (AvgIpc) is 3.18. The lowest BCUT2D eigenvalue weighted by Gasteiger charge is -2.31. The number of methoxy groups -OCH3 is 1. The highest BCUT2D eigenvalue weighted by molar-refractivity contribution is 7.09. The number of hydrogen-bond donors (Lipinski definition) is 1. The van der Waals surface area contributed by atoms with Crippen LogP contribution in [0.2, 0.25) is 0 Å². The minimum absolute atomic E-state index is 0.109. The van der Waals surface area contributed by atoms with Crippen molar-refractivity contribution < 1.29 is 9.53 Å². The van der Waals surface area contributed by atoms with Crippen molar-refractivity contribution in [2.75, 3.05) is 25.1 Å². The normalized spacial score (nSPS) is 15.8. The third-order valence-electron chi connectivity index (χ3n) is 3.78. The number of aryl methyl sites for hydroxylation is 1. The summed E-state index contributed by atoms with van der Waals surface area (Å²) >= 11 is 1.40. The number of rotatable bonds is 5. The Balaban J connectivity index is 1.50. The highest BCUT2D eigenvalue weighted by atomic mass is 32.1. The predicted octanol–water partition coefficient (Wildman–Crippen LogP) is 0.817. The topological polar surface area (TPSA) is 85.2 Å². The van der Waals surface area contributed by atoms with Gasteiger partial charge in [-0.25, -0.2) is 4.98 Å². The molecule has 2 aromatic rings. The molecule has 3 heterocycles. The number of nitrogens with zero attached hydrogens (tertiary/aromatic N) is 5. The van der Waals surface area contributed by atoms with Gasteiger partial charge >= 0.3 is 0 Å². The van der Waals surface area contributed by atoms with Gasteiger partial charge in [-0.05, 0) is 18.9 Å². The SMILES string of the molecule is COCc1nsc(N2CCC(NC(=O)c3ccn(C)n3)CC2)n1. The predicted molar refractivity (Wildman–Crippen MR) is 86.5 cm³/mol. The molecule has 1 aliphatic heterocycles. The van der Waals surface area contributed by atoms with Crippen LogP contribution in [-0.4, -0.2) is 51.3 Å². The van der Waals surface area contributed by atoms with Crippen LogP contribution in [0.4, 0.5) is 5.13 Å². The van der Waals surface area contributed by atoms with Crippen molar-refractivity contribution in [3.63, 3.8) is 0 Å². The lowest BCUT2D eigenvalue weighted by Crippen LogP contribution is -2.44. The van der Waals surface area contributed by atoms with Crippen LogP contribution in [0.5, 0.6) is 0 Å². The molecule has 0 aromatic carbocycles. The van der Waals surface area contributed by atoms with Crippen molar-refractivity contribution in [3.8, 4) is 0 Å². The van der Waals surface area contributed by atoms with E-state index in [1.54, 1.807) is 31.1 Å². The molecule has 1 fully saturated rings. The summed E-state index contributed by atoms with van der Waals surface area (Å²) in [7, 11) is 3.44. The summed E-state index contributed by atoms with van der Waals surface area (Å²) < 4.78 is 10.9. The van der Waals surface area contributed by atoms with Gasteiger partial charge in [0.1, 0.15) is 12.3 Å². The molecule has 1 N–H and O–H groups in total. The van der Waals surface area contributed by atoms with Crippen molar-refractivity contribution in [3.05, 3.63) is 23.8 Å². The minimum Gasteiger partial charge on any atom is -0.377 e. The quantitative estimate of drug-likeness (QED) is 0.870. The second kappa shape index (κ2) is 7.05. The molecule has 1 aliphatic rings. The van der Waals surface area contributed by atoms with Crippen LogP contribution < -0.4 is 10.2 Å². The minimum atomic E-state index is -0.109. The van der Waals surface area contributed by atoms with Crippen LogP contribution in [0.1, 0.15) is 29.2 Å². The number of carbonyl (C=O) groups excluding carboxylic acids is 1. The van der Waals surface area contributed by atoms with Crippen LogP contribution in [0, 0.1) is 0 Å². The highest BCUT2D eigenvalue weighted by Gasteiger charge is 2.23. The number of ether oxygens (including phenoxy) is 1. The van der Waals surface area contributed by atoms with Crippen molar-refractivity contribution >= 4 is 22.6 Å². The summed E-state index contributed by atoms with van der Waals surface area (Å²) in [6.45, 7) is 2.15. The highest BCUT2D eigenvalue weighted by Crippen LogP contribution is 2.22. The van der Waals surface area contributed by atoms with Gasteiger partial charge in [-0.3, -0.25) is 9.48 Å². The summed E-state index contributed by atoms with van der Waals surface area (Å²) in [6, 6.07) is 1.90. The van der Waals surface area contributed by atoms with Gasteiger partial charge in [-0.2, -0.15) is 9.47 Å². The third kappa shape index (κ3) is 3.85. The van der Waals surface area contributed by atoms with Crippen molar-refractivity contribution in [2.24, 2.45) is 7.05 Å². The molecule has 0 saturated carbocycles. The fraction of sp³-hybridized carbons (Fsp3) is 0.571. The van der Waals surface area contributed by atoms with E-state index in [-0.39, 0.29) is 11.9 Å². The van der Waals surface area contributed by atoms with Gasteiger partial charge in [-0.1, -0.05) is 0 Å². The lowest BCUT2D eigenvalue weighted by atomic mass is 10.1. The molecule has 3 rings (SSSR count). The fourth-order valence-corrected chi connectivity index (χ4v) is 3.30. The van der Waals surface area contributed by atoms with E-state index in [4.69, 9.17) is 4.74 Å². The number of carbonyl (C=O) groups is 1. The molecule has 0 atom stereocenters. The molecule has 0 bridgehead atoms. The zero-order valence-corrected chi connectivity index (χ0v) is 14.0. The molecule has 0 aliphatic carbocycles. The van der Waals surface area contributed by atoms with E-state index in [1.807, 2.05) is 0 Å². The first kappa shape index (κ1) is 15.9. The van der Waals surface area contributed by atoms with Crippen molar-refractivity contribution in [1.29, 1.82) is 0 Å². The molecule has 124 valence electrons. The fourth-order valence-electron chi connectivity index (χ4n) is 2.57. The maximum atomic E-state index is 12.1. The first-order valence-electron chi connectivity index (χ1n) is 7.52.